The van der Waals surface area contributed by atoms with Gasteiger partial charge in [0.05, 0.1) is 18.2 Å². The molecule has 1 fully saturated rings. The molecule has 2 unspecified atom stereocenters. The maximum Gasteiger partial charge on any atom is 0.339 e. The highest BCUT2D eigenvalue weighted by Gasteiger charge is 2.41. The van der Waals surface area contributed by atoms with Crippen molar-refractivity contribution < 1.29 is 14.6 Å². The quantitative estimate of drug-likeness (QED) is 0.509. The number of carbonyl (C=O) groups excluding carboxylic acids is 1. The number of aliphatic hydroxyl groups excluding tert-OH is 1. The average molecular weight is 238 g/mol. The highest BCUT2D eigenvalue weighted by molar-refractivity contribution is 6.04. The molecule has 17 heavy (non-hydrogen) atoms. The molecule has 2 aliphatic rings. The number of hydrogen-bond acceptors (Lipinski definition) is 5. The van der Waals surface area contributed by atoms with Gasteiger partial charge in [-0.25, -0.2) is 4.79 Å². The Balaban J connectivity index is 2.29. The van der Waals surface area contributed by atoms with E-state index in [0.717, 1.165) is 13.1 Å². The number of esters is 1. The molecule has 2 aliphatic heterocycles. The minimum absolute atomic E-state index is 0.0495. The van der Waals surface area contributed by atoms with E-state index in [-0.39, 0.29) is 23.8 Å². The summed E-state index contributed by atoms with van der Waals surface area (Å²) in [5.41, 5.74) is 0.442. The third-order valence-electron chi connectivity index (χ3n) is 3.64. The Morgan fingerprint density at radius 3 is 2.94 bits per heavy atom. The van der Waals surface area contributed by atoms with Crippen molar-refractivity contribution in [2.45, 2.75) is 25.4 Å². The molecule has 0 amide bonds. The van der Waals surface area contributed by atoms with Gasteiger partial charge in [-0.15, -0.1) is 0 Å². The summed E-state index contributed by atoms with van der Waals surface area (Å²) < 4.78 is 5.02. The highest BCUT2D eigenvalue weighted by atomic mass is 16.5. The van der Waals surface area contributed by atoms with E-state index in [0.29, 0.717) is 18.6 Å². The molecule has 2 bridgehead atoms. The molecule has 6 heteroatoms. The van der Waals surface area contributed by atoms with E-state index in [2.05, 4.69) is 9.71 Å². The zero-order valence-electron chi connectivity index (χ0n) is 10.6. The number of piperazine rings is 1. The van der Waals surface area contributed by atoms with Crippen LogP contribution in [0.5, 0.6) is 0 Å². The van der Waals surface area contributed by atoms with Crippen LogP contribution in [0.3, 0.4) is 0 Å². The van der Waals surface area contributed by atoms with E-state index in [1.807, 2.05) is 15.0 Å². The maximum atomic E-state index is 11.9. The summed E-state index contributed by atoms with van der Waals surface area (Å²) in [6.45, 7) is 3.79. The van der Waals surface area contributed by atoms with Gasteiger partial charge in [0.1, 0.15) is 5.76 Å². The largest absolute Gasteiger partial charge is 0.512 e. The number of aliphatic hydroxyl groups is 1. The lowest BCUT2D eigenvalue weighted by atomic mass is 9.88. The van der Waals surface area contributed by atoms with Crippen molar-refractivity contribution in [3.05, 3.63) is 11.3 Å². The van der Waals surface area contributed by atoms with E-state index in [1.165, 1.54) is 0 Å². The van der Waals surface area contributed by atoms with Crippen molar-refractivity contribution in [2.75, 3.05) is 26.7 Å². The number of likely N-dealkylation sites (N-methyl/N-ethyl adjacent to an activating group) is 1. The van der Waals surface area contributed by atoms with Crippen LogP contribution in [0, 0.1) is 0 Å². The van der Waals surface area contributed by atoms with E-state index >= 15 is 0 Å². The van der Waals surface area contributed by atoms with E-state index in [1.54, 1.807) is 6.92 Å². The smallest absolute Gasteiger partial charge is 0.339 e. The Morgan fingerprint density at radius 2 is 2.29 bits per heavy atom. The molecule has 0 aliphatic carbocycles. The fourth-order valence-electron chi connectivity index (χ4n) is 2.73. The first kappa shape index (κ1) is 12.5. The number of carbonyl (C=O) groups is 1. The molecule has 1 saturated heterocycles. The molecule has 0 aromatic heterocycles. The first-order valence-corrected chi connectivity index (χ1v) is 6.04. The minimum atomic E-state index is -0.379. The van der Waals surface area contributed by atoms with Gasteiger partial charge in [-0.05, 0) is 14.0 Å². The average Bonchev–Trinajstić information content (AvgIpc) is 2.22. The molecule has 2 atom stereocenters. The van der Waals surface area contributed by atoms with Crippen LogP contribution in [-0.2, 0) is 9.53 Å². The summed E-state index contributed by atoms with van der Waals surface area (Å²) in [5.74, 6) is -0.166. The zero-order valence-corrected chi connectivity index (χ0v) is 10.6. The molecule has 94 valence electrons. The normalized spacial score (nSPS) is 30.5. The summed E-state index contributed by atoms with van der Waals surface area (Å²) in [7, 11) is 4.05. The molecule has 2 rings (SSSR count). The molecule has 2 heterocycles. The molecular weight excluding hydrogens is 219 g/mol. The van der Waals surface area contributed by atoms with E-state index in [9.17, 15) is 9.90 Å². The molecule has 0 aromatic rings. The Bertz CT molecular complexity index is 359. The van der Waals surface area contributed by atoms with Crippen molar-refractivity contribution >= 4 is 14.0 Å². The van der Waals surface area contributed by atoms with Gasteiger partial charge in [-0.2, -0.15) is 0 Å². The fourth-order valence-corrected chi connectivity index (χ4v) is 2.73. The number of rotatable bonds is 2. The van der Waals surface area contributed by atoms with Crippen molar-refractivity contribution in [1.82, 2.24) is 9.71 Å². The van der Waals surface area contributed by atoms with Crippen LogP contribution in [0.15, 0.2) is 11.3 Å². The van der Waals surface area contributed by atoms with Crippen LogP contribution in [0.25, 0.3) is 0 Å². The van der Waals surface area contributed by atoms with Gasteiger partial charge in [-0.3, -0.25) is 4.90 Å². The summed E-state index contributed by atoms with van der Waals surface area (Å²) in [6, 6.07) is 0.239. The van der Waals surface area contributed by atoms with Crippen LogP contribution >= 0.6 is 0 Å². The van der Waals surface area contributed by atoms with Crippen molar-refractivity contribution in [2.24, 2.45) is 0 Å². The second-order valence-electron chi connectivity index (χ2n) is 4.84. The summed E-state index contributed by atoms with van der Waals surface area (Å²) in [5, 5.41) is 10.0. The zero-order chi connectivity index (χ0) is 12.6. The SMILES string of the molecule is BN1CC2CC(O)=C(C(=O)OCC)C(C1)N2C. The molecule has 0 aromatic carbocycles. The van der Waals surface area contributed by atoms with Crippen molar-refractivity contribution in [3.8, 4) is 0 Å². The van der Waals surface area contributed by atoms with Gasteiger partial charge in [0.25, 0.3) is 0 Å². The molecule has 0 saturated carbocycles. The number of nitrogens with zero attached hydrogens (tertiary/aromatic N) is 2. The van der Waals surface area contributed by atoms with Crippen LogP contribution in [0.2, 0.25) is 0 Å². The Kier molecular flexibility index (Phi) is 3.44. The predicted molar refractivity (Wildman–Crippen MR) is 66.4 cm³/mol. The standard InChI is InChI=1S/C11H19BN2O3/c1-3-17-11(16)10-8-6-14(12)5-7(13(8)2)4-9(10)15/h7-8,15H,3-6,12H2,1-2H3. The lowest BCUT2D eigenvalue weighted by Gasteiger charge is -2.47. The maximum absolute atomic E-state index is 11.9. The summed E-state index contributed by atoms with van der Waals surface area (Å²) in [6.07, 6.45) is 0.533. The lowest BCUT2D eigenvalue weighted by molar-refractivity contribution is -0.140. The highest BCUT2D eigenvalue weighted by Crippen LogP contribution is 2.30. The summed E-state index contributed by atoms with van der Waals surface area (Å²) in [4.78, 5) is 16.2. The van der Waals surface area contributed by atoms with Crippen molar-refractivity contribution in [3.63, 3.8) is 0 Å². The number of ether oxygens (including phenoxy) is 1. The molecule has 1 N–H and O–H groups in total. The Hall–Kier alpha value is -1.01. The second-order valence-corrected chi connectivity index (χ2v) is 4.84. The molecule has 0 radical (unpaired) electrons. The Morgan fingerprint density at radius 1 is 1.59 bits per heavy atom. The first-order chi connectivity index (χ1) is 8.04. The third kappa shape index (κ3) is 2.19. The monoisotopic (exact) mass is 238 g/mol. The van der Waals surface area contributed by atoms with Gasteiger partial charge in [-0.1, -0.05) is 0 Å². The third-order valence-corrected chi connectivity index (χ3v) is 3.64. The second kappa shape index (κ2) is 4.70. The van der Waals surface area contributed by atoms with Gasteiger partial charge in [0.15, 0.2) is 7.98 Å². The first-order valence-electron chi connectivity index (χ1n) is 6.04. The van der Waals surface area contributed by atoms with Crippen LogP contribution in [0.4, 0.5) is 0 Å². The topological polar surface area (TPSA) is 53.0 Å². The van der Waals surface area contributed by atoms with E-state index in [4.69, 9.17) is 4.74 Å². The molecule has 0 spiro atoms. The van der Waals surface area contributed by atoms with Gasteiger partial charge in [0, 0.05) is 25.6 Å². The van der Waals surface area contributed by atoms with Crippen LogP contribution in [0.1, 0.15) is 13.3 Å². The molecular formula is C11H19BN2O3. The number of hydrogen-bond donors (Lipinski definition) is 1. The lowest BCUT2D eigenvalue weighted by Crippen LogP contribution is -2.60. The fraction of sp³-hybridized carbons (Fsp3) is 0.727. The van der Waals surface area contributed by atoms with Gasteiger partial charge < -0.3 is 14.7 Å². The van der Waals surface area contributed by atoms with Gasteiger partial charge in [0.2, 0.25) is 0 Å². The van der Waals surface area contributed by atoms with E-state index < -0.39 is 0 Å². The van der Waals surface area contributed by atoms with Crippen LogP contribution in [-0.4, -0.2) is 67.6 Å². The van der Waals surface area contributed by atoms with Crippen LogP contribution < -0.4 is 0 Å². The van der Waals surface area contributed by atoms with Crippen molar-refractivity contribution in [1.29, 1.82) is 0 Å². The van der Waals surface area contributed by atoms with Gasteiger partial charge >= 0.3 is 5.97 Å². The molecule has 5 nitrogen and oxygen atoms in total. The number of fused-ring (bicyclic) bond motifs is 2. The summed E-state index contributed by atoms with van der Waals surface area (Å²) >= 11 is 0. The predicted octanol–water partition coefficient (Wildman–Crippen LogP) is -0.702. The minimum Gasteiger partial charge on any atom is -0.512 e. The Labute approximate surface area is 102 Å².